The maximum absolute atomic E-state index is 3.41. The topological polar surface area (TPSA) is 12.0 Å². The molecule has 0 aromatic carbocycles. The molecule has 2 unspecified atom stereocenters. The standard InChI is InChI=1S/C8H17N/c1-6-4-9-5-7(2)8(6)3/h6-9H,4-5H2,1-3H3. The van der Waals surface area contributed by atoms with Crippen molar-refractivity contribution >= 4 is 0 Å². The van der Waals surface area contributed by atoms with Crippen molar-refractivity contribution in [2.75, 3.05) is 13.1 Å². The summed E-state index contributed by atoms with van der Waals surface area (Å²) in [6, 6.07) is 0. The van der Waals surface area contributed by atoms with Gasteiger partial charge in [0, 0.05) is 0 Å². The molecular weight excluding hydrogens is 110 g/mol. The zero-order valence-corrected chi connectivity index (χ0v) is 6.65. The van der Waals surface area contributed by atoms with Gasteiger partial charge in [-0.25, -0.2) is 0 Å². The van der Waals surface area contributed by atoms with Gasteiger partial charge in [0.05, 0.1) is 0 Å². The molecule has 0 saturated carbocycles. The Labute approximate surface area is 57.8 Å². The van der Waals surface area contributed by atoms with Crippen LogP contribution in [0, 0.1) is 17.8 Å². The van der Waals surface area contributed by atoms with Gasteiger partial charge in [0.2, 0.25) is 0 Å². The van der Waals surface area contributed by atoms with Crippen LogP contribution in [0.3, 0.4) is 0 Å². The Balaban J connectivity index is 2.41. The lowest BCUT2D eigenvalue weighted by atomic mass is 9.82. The second kappa shape index (κ2) is 2.70. The summed E-state index contributed by atoms with van der Waals surface area (Å²) in [5.41, 5.74) is 0. The van der Waals surface area contributed by atoms with E-state index >= 15 is 0 Å². The Bertz CT molecular complexity index is 80.6. The minimum absolute atomic E-state index is 0.869. The molecule has 1 saturated heterocycles. The number of rotatable bonds is 0. The molecule has 1 aliphatic rings. The zero-order valence-electron chi connectivity index (χ0n) is 6.65. The van der Waals surface area contributed by atoms with E-state index in [-0.39, 0.29) is 0 Å². The minimum atomic E-state index is 0.869. The molecule has 1 N–H and O–H groups in total. The summed E-state index contributed by atoms with van der Waals surface area (Å²) in [6.45, 7) is 9.44. The van der Waals surface area contributed by atoms with Crippen molar-refractivity contribution in [2.45, 2.75) is 20.8 Å². The summed E-state index contributed by atoms with van der Waals surface area (Å²) in [7, 11) is 0. The van der Waals surface area contributed by atoms with Gasteiger partial charge in [0.15, 0.2) is 0 Å². The van der Waals surface area contributed by atoms with Crippen LogP contribution in [0.15, 0.2) is 0 Å². The first-order valence-electron chi connectivity index (χ1n) is 3.92. The second-order valence-corrected chi connectivity index (χ2v) is 3.47. The first-order chi connectivity index (χ1) is 4.22. The predicted molar refractivity (Wildman–Crippen MR) is 40.4 cm³/mol. The van der Waals surface area contributed by atoms with Crippen molar-refractivity contribution in [1.29, 1.82) is 0 Å². The van der Waals surface area contributed by atoms with Gasteiger partial charge >= 0.3 is 0 Å². The van der Waals surface area contributed by atoms with Crippen LogP contribution in [0.5, 0.6) is 0 Å². The van der Waals surface area contributed by atoms with Gasteiger partial charge in [-0.2, -0.15) is 0 Å². The summed E-state index contributed by atoms with van der Waals surface area (Å²) in [5, 5.41) is 3.41. The van der Waals surface area contributed by atoms with Crippen molar-refractivity contribution in [3.63, 3.8) is 0 Å². The molecule has 54 valence electrons. The van der Waals surface area contributed by atoms with E-state index < -0.39 is 0 Å². The molecule has 2 atom stereocenters. The van der Waals surface area contributed by atoms with Gasteiger partial charge < -0.3 is 5.32 Å². The Hall–Kier alpha value is -0.0400. The average molecular weight is 127 g/mol. The number of piperidine rings is 1. The molecule has 1 fully saturated rings. The van der Waals surface area contributed by atoms with Crippen LogP contribution in [-0.4, -0.2) is 13.1 Å². The Morgan fingerprint density at radius 2 is 1.44 bits per heavy atom. The van der Waals surface area contributed by atoms with Gasteiger partial charge in [-0.3, -0.25) is 0 Å². The molecule has 9 heavy (non-hydrogen) atoms. The molecular formula is C8H17N. The quantitative estimate of drug-likeness (QED) is 0.520. The van der Waals surface area contributed by atoms with Crippen molar-refractivity contribution in [1.82, 2.24) is 5.32 Å². The molecule has 1 heterocycles. The molecule has 0 amide bonds. The summed E-state index contributed by atoms with van der Waals surface area (Å²) in [4.78, 5) is 0. The molecule has 0 radical (unpaired) electrons. The second-order valence-electron chi connectivity index (χ2n) is 3.47. The third-order valence-electron chi connectivity index (χ3n) is 2.73. The number of hydrogen-bond acceptors (Lipinski definition) is 1. The van der Waals surface area contributed by atoms with E-state index in [0.717, 1.165) is 17.8 Å². The third-order valence-corrected chi connectivity index (χ3v) is 2.73. The lowest BCUT2D eigenvalue weighted by molar-refractivity contribution is 0.216. The molecule has 1 heteroatoms. The lowest BCUT2D eigenvalue weighted by Crippen LogP contribution is -2.39. The molecule has 0 spiro atoms. The van der Waals surface area contributed by atoms with E-state index in [1.54, 1.807) is 0 Å². The van der Waals surface area contributed by atoms with Crippen molar-refractivity contribution < 1.29 is 0 Å². The Morgan fingerprint density at radius 3 is 1.78 bits per heavy atom. The first kappa shape index (κ1) is 7.07. The molecule has 0 aromatic rings. The van der Waals surface area contributed by atoms with Crippen molar-refractivity contribution in [3.05, 3.63) is 0 Å². The highest BCUT2D eigenvalue weighted by Gasteiger charge is 2.22. The van der Waals surface area contributed by atoms with Crippen LogP contribution in [0.2, 0.25) is 0 Å². The Kier molecular flexibility index (Phi) is 2.12. The van der Waals surface area contributed by atoms with E-state index in [1.807, 2.05) is 0 Å². The van der Waals surface area contributed by atoms with E-state index in [1.165, 1.54) is 13.1 Å². The Morgan fingerprint density at radius 1 is 1.00 bits per heavy atom. The molecule has 0 aliphatic carbocycles. The molecule has 0 bridgehead atoms. The summed E-state index contributed by atoms with van der Waals surface area (Å²) in [5.74, 6) is 2.65. The molecule has 0 aromatic heterocycles. The van der Waals surface area contributed by atoms with Crippen LogP contribution in [-0.2, 0) is 0 Å². The van der Waals surface area contributed by atoms with Gasteiger partial charge in [0.1, 0.15) is 0 Å². The van der Waals surface area contributed by atoms with Crippen LogP contribution in [0.25, 0.3) is 0 Å². The van der Waals surface area contributed by atoms with Crippen LogP contribution < -0.4 is 5.32 Å². The molecule has 1 nitrogen and oxygen atoms in total. The average Bonchev–Trinajstić information content (AvgIpc) is 1.83. The van der Waals surface area contributed by atoms with Crippen LogP contribution in [0.1, 0.15) is 20.8 Å². The molecule has 1 rings (SSSR count). The van der Waals surface area contributed by atoms with Crippen molar-refractivity contribution in [3.8, 4) is 0 Å². The predicted octanol–water partition coefficient (Wildman–Crippen LogP) is 1.50. The van der Waals surface area contributed by atoms with Crippen molar-refractivity contribution in [2.24, 2.45) is 17.8 Å². The van der Waals surface area contributed by atoms with E-state index in [9.17, 15) is 0 Å². The third kappa shape index (κ3) is 1.45. The highest BCUT2D eigenvalue weighted by molar-refractivity contribution is 4.76. The largest absolute Gasteiger partial charge is 0.316 e. The maximum atomic E-state index is 3.41. The summed E-state index contributed by atoms with van der Waals surface area (Å²) < 4.78 is 0. The monoisotopic (exact) mass is 127 g/mol. The lowest BCUT2D eigenvalue weighted by Gasteiger charge is -2.32. The summed E-state index contributed by atoms with van der Waals surface area (Å²) in [6.07, 6.45) is 0. The number of hydrogen-bond donors (Lipinski definition) is 1. The van der Waals surface area contributed by atoms with Gasteiger partial charge in [0.25, 0.3) is 0 Å². The minimum Gasteiger partial charge on any atom is -0.316 e. The van der Waals surface area contributed by atoms with Gasteiger partial charge in [-0.1, -0.05) is 20.8 Å². The highest BCUT2D eigenvalue weighted by atomic mass is 14.9. The normalized spacial score (nSPS) is 45.0. The fraction of sp³-hybridized carbons (Fsp3) is 1.00. The fourth-order valence-electron chi connectivity index (χ4n) is 1.47. The van der Waals surface area contributed by atoms with E-state index in [4.69, 9.17) is 0 Å². The van der Waals surface area contributed by atoms with E-state index in [0.29, 0.717) is 0 Å². The van der Waals surface area contributed by atoms with Gasteiger partial charge in [-0.15, -0.1) is 0 Å². The zero-order chi connectivity index (χ0) is 6.85. The van der Waals surface area contributed by atoms with Crippen LogP contribution in [0.4, 0.5) is 0 Å². The maximum Gasteiger partial charge on any atom is -0.00204 e. The van der Waals surface area contributed by atoms with E-state index in [2.05, 4.69) is 26.1 Å². The fourth-order valence-corrected chi connectivity index (χ4v) is 1.47. The number of nitrogens with one attached hydrogen (secondary N) is 1. The SMILES string of the molecule is CC1CNCC(C)C1C. The molecule has 1 aliphatic heterocycles. The van der Waals surface area contributed by atoms with Gasteiger partial charge in [-0.05, 0) is 30.8 Å². The smallest absolute Gasteiger partial charge is 0.00204 e. The highest BCUT2D eigenvalue weighted by Crippen LogP contribution is 2.22. The van der Waals surface area contributed by atoms with Crippen LogP contribution >= 0.6 is 0 Å². The summed E-state index contributed by atoms with van der Waals surface area (Å²) >= 11 is 0. The first-order valence-corrected chi connectivity index (χ1v) is 3.92.